The van der Waals surface area contributed by atoms with Crippen LogP contribution >= 0.6 is 0 Å². The van der Waals surface area contributed by atoms with Crippen LogP contribution in [0.5, 0.6) is 0 Å². The van der Waals surface area contributed by atoms with E-state index in [9.17, 15) is 9.59 Å². The number of ketones is 2. The molecule has 0 aliphatic heterocycles. The smallest absolute Gasteiger partial charge is 0.197 e. The normalized spacial score (nSPS) is 17.3. The molecule has 0 fully saturated rings. The molecule has 2 heteroatoms. The van der Waals surface area contributed by atoms with Crippen molar-refractivity contribution in [2.75, 3.05) is 0 Å². The highest BCUT2D eigenvalue weighted by molar-refractivity contribution is 6.32. The summed E-state index contributed by atoms with van der Waals surface area (Å²) in [5, 5.41) is 0. The van der Waals surface area contributed by atoms with Crippen LogP contribution in [0.2, 0.25) is 0 Å². The summed E-state index contributed by atoms with van der Waals surface area (Å²) in [6, 6.07) is 18.1. The Bertz CT molecular complexity index is 1080. The lowest BCUT2D eigenvalue weighted by Gasteiger charge is -2.09. The topological polar surface area (TPSA) is 34.1 Å². The monoisotopic (exact) mass is 388 g/mol. The molecule has 0 heterocycles. The number of carbonyl (C=O) groups is 2. The van der Waals surface area contributed by atoms with E-state index in [4.69, 9.17) is 0 Å². The van der Waals surface area contributed by atoms with Crippen LogP contribution in [-0.4, -0.2) is 11.6 Å². The lowest BCUT2D eigenvalue weighted by Crippen LogP contribution is -2.15. The molecule has 0 aromatic heterocycles. The van der Waals surface area contributed by atoms with Crippen LogP contribution in [0.3, 0.4) is 0 Å². The van der Waals surface area contributed by atoms with Crippen LogP contribution in [0.25, 0.3) is 0 Å². The molecule has 5 rings (SSSR count). The van der Waals surface area contributed by atoms with Gasteiger partial charge in [-0.05, 0) is 16.7 Å². The molecule has 0 unspecified atom stereocenters. The van der Waals surface area contributed by atoms with Gasteiger partial charge >= 0.3 is 0 Å². The van der Waals surface area contributed by atoms with E-state index in [0.29, 0.717) is 11.1 Å². The van der Waals surface area contributed by atoms with Crippen LogP contribution in [0.4, 0.5) is 0 Å². The van der Waals surface area contributed by atoms with Crippen molar-refractivity contribution < 1.29 is 9.59 Å². The number of Topliss-reactive ketones (excluding diaryl/α,β-unsaturated/α-hetero) is 2. The number of allylic oxidation sites excluding steroid dienone is 12. The van der Waals surface area contributed by atoms with Crippen molar-refractivity contribution in [3.63, 3.8) is 0 Å². The van der Waals surface area contributed by atoms with Crippen LogP contribution < -0.4 is 0 Å². The van der Waals surface area contributed by atoms with Gasteiger partial charge in [0.25, 0.3) is 0 Å². The summed E-state index contributed by atoms with van der Waals surface area (Å²) < 4.78 is 0. The average molecular weight is 388 g/mol. The van der Waals surface area contributed by atoms with Gasteiger partial charge in [0.15, 0.2) is 11.6 Å². The van der Waals surface area contributed by atoms with Crippen LogP contribution in [0.15, 0.2) is 132 Å². The van der Waals surface area contributed by atoms with E-state index in [1.54, 1.807) is 24.3 Å². The Balaban J connectivity index is 1.66. The second kappa shape index (κ2) is 7.57. The molecule has 0 saturated heterocycles. The molecule has 0 saturated carbocycles. The average Bonchev–Trinajstić information content (AvgIpc) is 3.20. The second-order valence-electron chi connectivity index (χ2n) is 7.56. The maximum atomic E-state index is 13.6. The minimum atomic E-state index is -0.219. The van der Waals surface area contributed by atoms with Gasteiger partial charge in [-0.2, -0.15) is 0 Å². The van der Waals surface area contributed by atoms with Crippen LogP contribution in [0.1, 0.15) is 20.7 Å². The largest absolute Gasteiger partial charge is 0.288 e. The second-order valence-corrected chi connectivity index (χ2v) is 7.56. The number of carbonyl (C=O) groups excluding carboxylic acids is 2. The Morgan fingerprint density at radius 1 is 0.533 bits per heavy atom. The SMILES string of the molecule is O=C(C(C(=O)c1ccccc1)=C1C(C2C=CC=C2)=C1C1C=CC=C1)c1ccccc1. The number of benzene rings is 2. The van der Waals surface area contributed by atoms with Crippen molar-refractivity contribution in [3.05, 3.63) is 143 Å². The van der Waals surface area contributed by atoms with Crippen LogP contribution in [0, 0.1) is 11.8 Å². The Labute approximate surface area is 175 Å². The molecule has 0 N–H and O–H groups in total. The van der Waals surface area contributed by atoms with E-state index in [1.165, 1.54) is 0 Å². The Kier molecular flexibility index (Phi) is 4.61. The minimum absolute atomic E-state index is 0.111. The first-order valence-electron chi connectivity index (χ1n) is 10.1. The van der Waals surface area contributed by atoms with Gasteiger partial charge in [0.1, 0.15) is 0 Å². The van der Waals surface area contributed by atoms with Gasteiger partial charge < -0.3 is 0 Å². The summed E-state index contributed by atoms with van der Waals surface area (Å²) in [5.41, 5.74) is 4.38. The molecule has 2 aromatic carbocycles. The highest BCUT2D eigenvalue weighted by Crippen LogP contribution is 2.53. The fourth-order valence-corrected chi connectivity index (χ4v) is 4.23. The Hall–Kier alpha value is -3.78. The maximum Gasteiger partial charge on any atom is 0.197 e. The number of hydrogen-bond donors (Lipinski definition) is 0. The molecule has 0 amide bonds. The van der Waals surface area contributed by atoms with E-state index in [1.807, 2.05) is 60.7 Å². The summed E-state index contributed by atoms with van der Waals surface area (Å²) in [7, 11) is 0. The molecule has 3 aliphatic rings. The molecule has 0 spiro atoms. The van der Waals surface area contributed by atoms with E-state index >= 15 is 0 Å². The van der Waals surface area contributed by atoms with Crippen LogP contribution in [-0.2, 0) is 0 Å². The molecule has 0 atom stereocenters. The fourth-order valence-electron chi connectivity index (χ4n) is 4.23. The third-order valence-corrected chi connectivity index (χ3v) is 5.71. The van der Waals surface area contributed by atoms with Crippen molar-refractivity contribution in [2.24, 2.45) is 11.8 Å². The quantitative estimate of drug-likeness (QED) is 0.269. The van der Waals surface area contributed by atoms with Gasteiger partial charge in [0, 0.05) is 23.0 Å². The lowest BCUT2D eigenvalue weighted by atomic mass is 9.91. The highest BCUT2D eigenvalue weighted by Gasteiger charge is 2.43. The zero-order chi connectivity index (χ0) is 20.5. The molecule has 2 aromatic rings. The van der Waals surface area contributed by atoms with Gasteiger partial charge in [-0.15, -0.1) is 0 Å². The van der Waals surface area contributed by atoms with Crippen molar-refractivity contribution in [3.8, 4) is 0 Å². The molecule has 30 heavy (non-hydrogen) atoms. The molecule has 0 bridgehead atoms. The van der Waals surface area contributed by atoms with Gasteiger partial charge in [0.05, 0.1) is 5.57 Å². The predicted molar refractivity (Wildman–Crippen MR) is 119 cm³/mol. The number of rotatable bonds is 6. The van der Waals surface area contributed by atoms with Crippen molar-refractivity contribution >= 4 is 11.6 Å². The lowest BCUT2D eigenvalue weighted by molar-refractivity contribution is 0.0962. The van der Waals surface area contributed by atoms with E-state index < -0.39 is 0 Å². The maximum absolute atomic E-state index is 13.6. The first kappa shape index (κ1) is 18.3. The number of hydrogen-bond acceptors (Lipinski definition) is 2. The zero-order valence-corrected chi connectivity index (χ0v) is 16.4. The van der Waals surface area contributed by atoms with Crippen molar-refractivity contribution in [1.82, 2.24) is 0 Å². The van der Waals surface area contributed by atoms with Gasteiger partial charge in [-0.1, -0.05) is 109 Å². The first-order chi connectivity index (χ1) is 14.8. The third kappa shape index (κ3) is 3.17. The highest BCUT2D eigenvalue weighted by atomic mass is 16.1. The predicted octanol–water partition coefficient (Wildman–Crippen LogP) is 5.84. The summed E-state index contributed by atoms with van der Waals surface area (Å²) in [6.45, 7) is 0. The van der Waals surface area contributed by atoms with Gasteiger partial charge in [-0.3, -0.25) is 9.59 Å². The minimum Gasteiger partial charge on any atom is -0.288 e. The first-order valence-corrected chi connectivity index (χ1v) is 10.1. The van der Waals surface area contributed by atoms with E-state index in [2.05, 4.69) is 24.3 Å². The zero-order valence-electron chi connectivity index (χ0n) is 16.4. The van der Waals surface area contributed by atoms with Gasteiger partial charge in [-0.25, -0.2) is 0 Å². The standard InChI is InChI=1S/C28H20O2/c29-27(21-15-3-1-4-16-21)26(28(30)22-17-5-2-6-18-22)25-23(19-11-7-8-12-19)24(25)20-13-9-10-14-20/h1-20H. The van der Waals surface area contributed by atoms with Gasteiger partial charge in [0.2, 0.25) is 0 Å². The summed E-state index contributed by atoms with van der Waals surface area (Å²) in [6.07, 6.45) is 16.5. The van der Waals surface area contributed by atoms with E-state index in [-0.39, 0.29) is 29.0 Å². The van der Waals surface area contributed by atoms with E-state index in [0.717, 1.165) is 16.7 Å². The Morgan fingerprint density at radius 2 is 0.900 bits per heavy atom. The van der Waals surface area contributed by atoms with Crippen molar-refractivity contribution in [2.45, 2.75) is 0 Å². The summed E-state index contributed by atoms with van der Waals surface area (Å²) >= 11 is 0. The molecule has 0 radical (unpaired) electrons. The molecular formula is C28H20O2. The molecular weight excluding hydrogens is 368 g/mol. The van der Waals surface area contributed by atoms with Crippen molar-refractivity contribution in [1.29, 1.82) is 0 Å². The third-order valence-electron chi connectivity index (χ3n) is 5.71. The molecule has 144 valence electrons. The molecule has 2 nitrogen and oxygen atoms in total. The Morgan fingerprint density at radius 3 is 1.27 bits per heavy atom. The summed E-state index contributed by atoms with van der Waals surface area (Å²) in [5.74, 6) is -0.216. The summed E-state index contributed by atoms with van der Waals surface area (Å²) in [4.78, 5) is 27.2. The fraction of sp³-hybridized carbons (Fsp3) is 0.0714. The molecule has 3 aliphatic carbocycles.